The lowest BCUT2D eigenvalue weighted by Crippen LogP contribution is -2.32. The van der Waals surface area contributed by atoms with Crippen LogP contribution in [0.4, 0.5) is 0 Å². The minimum atomic E-state index is 0.00229. The van der Waals surface area contributed by atoms with Gasteiger partial charge in [0.25, 0.3) is 0 Å². The van der Waals surface area contributed by atoms with Gasteiger partial charge < -0.3 is 19.7 Å². The van der Waals surface area contributed by atoms with Gasteiger partial charge in [0, 0.05) is 30.3 Å². The van der Waals surface area contributed by atoms with Crippen molar-refractivity contribution in [3.05, 3.63) is 77.0 Å². The zero-order valence-electron chi connectivity index (χ0n) is 19.5. The largest absolute Gasteiger partial charge is 0.352 e. The van der Waals surface area contributed by atoms with Crippen molar-refractivity contribution in [2.45, 2.75) is 39.3 Å². The fraction of sp³-hybridized carbons (Fsp3) is 0.400. The zero-order valence-corrected chi connectivity index (χ0v) is 20.4. The maximum Gasteiger partial charge on any atom is 0.170 e. The van der Waals surface area contributed by atoms with Crippen molar-refractivity contribution in [2.75, 3.05) is 27.2 Å². The molecule has 1 saturated heterocycles. The number of thiocarbonyl (C=S) groups is 1. The third kappa shape index (κ3) is 4.40. The van der Waals surface area contributed by atoms with Crippen LogP contribution in [0.15, 0.2) is 48.8 Å². The molecule has 32 heavy (non-hydrogen) atoms. The van der Waals surface area contributed by atoms with Crippen LogP contribution in [0.3, 0.4) is 0 Å². The summed E-state index contributed by atoms with van der Waals surface area (Å²) in [6.45, 7) is 8.34. The highest BCUT2D eigenvalue weighted by Crippen LogP contribution is 2.41. The molecule has 4 rings (SSSR count). The first-order chi connectivity index (χ1) is 15.4. The Balaban J connectivity index is 1.77. The molecule has 1 N–H and O–H groups in total. The van der Waals surface area contributed by atoms with Gasteiger partial charge >= 0.3 is 0 Å². The molecule has 0 amide bonds. The van der Waals surface area contributed by atoms with E-state index >= 15 is 0 Å². The summed E-state index contributed by atoms with van der Waals surface area (Å²) in [6.07, 6.45) is 4.77. The van der Waals surface area contributed by atoms with Crippen LogP contribution >= 0.6 is 12.2 Å². The SMILES string of the molecule is Cc1ccnc(-n2c(C)cc([C@@H]3[C@H](c4ccccn4)NC(=S)N3CCCN(C)C)c2C)c1. The number of hydrogen-bond acceptors (Lipinski definition) is 4. The molecule has 6 nitrogen and oxygen atoms in total. The number of aryl methyl sites for hydroxylation is 2. The molecule has 1 aliphatic rings. The van der Waals surface area contributed by atoms with Gasteiger partial charge in [0.2, 0.25) is 0 Å². The molecular weight excluding hydrogens is 416 g/mol. The Morgan fingerprint density at radius 2 is 1.88 bits per heavy atom. The van der Waals surface area contributed by atoms with E-state index in [1.165, 1.54) is 22.5 Å². The number of nitrogens with one attached hydrogen (secondary N) is 1. The Bertz CT molecular complexity index is 1090. The summed E-state index contributed by atoms with van der Waals surface area (Å²) >= 11 is 5.82. The van der Waals surface area contributed by atoms with E-state index in [2.05, 4.69) is 82.7 Å². The van der Waals surface area contributed by atoms with Crippen LogP contribution in [0.25, 0.3) is 5.82 Å². The van der Waals surface area contributed by atoms with Gasteiger partial charge in [0.15, 0.2) is 5.11 Å². The van der Waals surface area contributed by atoms with Gasteiger partial charge in [-0.05, 0) is 102 Å². The van der Waals surface area contributed by atoms with E-state index in [9.17, 15) is 0 Å². The smallest absolute Gasteiger partial charge is 0.170 e. The molecular formula is C25H32N6S. The Labute approximate surface area is 196 Å². The highest BCUT2D eigenvalue weighted by Gasteiger charge is 2.41. The minimum absolute atomic E-state index is 0.00229. The first-order valence-corrected chi connectivity index (χ1v) is 11.5. The Hall–Kier alpha value is -2.77. The molecule has 7 heteroatoms. The molecule has 0 unspecified atom stereocenters. The van der Waals surface area contributed by atoms with Crippen LogP contribution in [-0.2, 0) is 0 Å². The number of nitrogens with zero attached hydrogens (tertiary/aromatic N) is 5. The van der Waals surface area contributed by atoms with Gasteiger partial charge in [-0.25, -0.2) is 4.98 Å². The van der Waals surface area contributed by atoms with E-state index in [0.29, 0.717) is 0 Å². The van der Waals surface area contributed by atoms with Crippen LogP contribution in [-0.4, -0.2) is 56.6 Å². The molecule has 0 bridgehead atoms. The van der Waals surface area contributed by atoms with E-state index in [1.54, 1.807) is 0 Å². The summed E-state index contributed by atoms with van der Waals surface area (Å²) in [4.78, 5) is 13.9. The van der Waals surface area contributed by atoms with Crippen molar-refractivity contribution in [1.29, 1.82) is 0 Å². The van der Waals surface area contributed by atoms with Crippen molar-refractivity contribution >= 4 is 17.3 Å². The van der Waals surface area contributed by atoms with E-state index in [0.717, 1.165) is 36.1 Å². The Kier molecular flexibility index (Phi) is 6.58. The Morgan fingerprint density at radius 1 is 1.06 bits per heavy atom. The second-order valence-electron chi connectivity index (χ2n) is 8.83. The normalized spacial score (nSPS) is 18.4. The fourth-order valence-electron chi connectivity index (χ4n) is 4.62. The summed E-state index contributed by atoms with van der Waals surface area (Å²) in [6, 6.07) is 12.6. The predicted molar refractivity (Wildman–Crippen MR) is 133 cm³/mol. The molecule has 0 aliphatic carbocycles. The quantitative estimate of drug-likeness (QED) is 0.549. The topological polar surface area (TPSA) is 49.2 Å². The van der Waals surface area contributed by atoms with E-state index in [1.807, 2.05) is 30.6 Å². The Morgan fingerprint density at radius 3 is 2.56 bits per heavy atom. The zero-order chi connectivity index (χ0) is 22.8. The number of hydrogen-bond donors (Lipinski definition) is 1. The van der Waals surface area contributed by atoms with Gasteiger partial charge in [-0.1, -0.05) is 6.07 Å². The molecule has 0 saturated carbocycles. The molecule has 4 heterocycles. The van der Waals surface area contributed by atoms with Gasteiger partial charge in [0.1, 0.15) is 5.82 Å². The number of aromatic nitrogens is 3. The van der Waals surface area contributed by atoms with E-state index < -0.39 is 0 Å². The summed E-state index contributed by atoms with van der Waals surface area (Å²) in [7, 11) is 4.22. The lowest BCUT2D eigenvalue weighted by Gasteiger charge is -2.28. The first kappa shape index (κ1) is 22.4. The molecule has 3 aromatic rings. The van der Waals surface area contributed by atoms with Crippen LogP contribution in [0.2, 0.25) is 0 Å². The van der Waals surface area contributed by atoms with Crippen LogP contribution in [0.1, 0.15) is 46.7 Å². The summed E-state index contributed by atoms with van der Waals surface area (Å²) in [5, 5.41) is 4.36. The van der Waals surface area contributed by atoms with Crippen molar-refractivity contribution in [2.24, 2.45) is 0 Å². The lowest BCUT2D eigenvalue weighted by molar-refractivity contribution is 0.292. The molecule has 0 spiro atoms. The van der Waals surface area contributed by atoms with Gasteiger partial charge in [-0.2, -0.15) is 0 Å². The summed E-state index contributed by atoms with van der Waals surface area (Å²) in [5.74, 6) is 0.952. The van der Waals surface area contributed by atoms with E-state index in [4.69, 9.17) is 12.2 Å². The monoisotopic (exact) mass is 448 g/mol. The standard InChI is InChI=1S/C25H32N6S/c1-17-10-12-27-22(15-17)31-18(2)16-20(19(31)3)24-23(21-9-6-7-11-26-21)28-25(32)30(24)14-8-13-29(4)5/h6-7,9-12,15-16,23-24H,8,13-14H2,1-5H3,(H,28,32)/t23-,24+/m0/s1. The van der Waals surface area contributed by atoms with Gasteiger partial charge in [-0.15, -0.1) is 0 Å². The van der Waals surface area contributed by atoms with Crippen LogP contribution in [0, 0.1) is 20.8 Å². The summed E-state index contributed by atoms with van der Waals surface area (Å²) in [5.41, 5.74) is 5.83. The molecule has 0 radical (unpaired) electrons. The number of rotatable bonds is 7. The predicted octanol–water partition coefficient (Wildman–Crippen LogP) is 4.12. The third-order valence-corrected chi connectivity index (χ3v) is 6.47. The average Bonchev–Trinajstić information content (AvgIpc) is 3.24. The minimum Gasteiger partial charge on any atom is -0.352 e. The van der Waals surface area contributed by atoms with Crippen LogP contribution < -0.4 is 5.32 Å². The molecule has 1 fully saturated rings. The second kappa shape index (κ2) is 9.38. The van der Waals surface area contributed by atoms with Crippen LogP contribution in [0.5, 0.6) is 0 Å². The third-order valence-electron chi connectivity index (χ3n) is 6.12. The lowest BCUT2D eigenvalue weighted by atomic mass is 9.96. The average molecular weight is 449 g/mol. The highest BCUT2D eigenvalue weighted by atomic mass is 32.1. The van der Waals surface area contributed by atoms with Crippen molar-refractivity contribution in [3.8, 4) is 5.82 Å². The molecule has 3 aromatic heterocycles. The van der Waals surface area contributed by atoms with Gasteiger partial charge in [0.05, 0.1) is 17.8 Å². The molecule has 168 valence electrons. The molecule has 2 atom stereocenters. The maximum absolute atomic E-state index is 5.82. The highest BCUT2D eigenvalue weighted by molar-refractivity contribution is 7.80. The first-order valence-electron chi connectivity index (χ1n) is 11.1. The summed E-state index contributed by atoms with van der Waals surface area (Å²) < 4.78 is 2.25. The van der Waals surface area contributed by atoms with Gasteiger partial charge in [-0.3, -0.25) is 4.98 Å². The molecule has 0 aromatic carbocycles. The van der Waals surface area contributed by atoms with E-state index in [-0.39, 0.29) is 12.1 Å². The molecule has 1 aliphatic heterocycles. The van der Waals surface area contributed by atoms with Crippen molar-refractivity contribution in [1.82, 2.24) is 29.7 Å². The number of pyridine rings is 2. The maximum atomic E-state index is 5.82. The fourth-order valence-corrected chi connectivity index (χ4v) is 4.96. The second-order valence-corrected chi connectivity index (χ2v) is 9.22. The van der Waals surface area contributed by atoms with Crippen molar-refractivity contribution in [3.63, 3.8) is 0 Å². The van der Waals surface area contributed by atoms with Crippen molar-refractivity contribution < 1.29 is 0 Å².